The molecule has 0 spiro atoms. The number of carbonyl (C=O) groups is 1. The molecule has 1 aromatic rings. The van der Waals surface area contributed by atoms with Crippen molar-refractivity contribution in [3.8, 4) is 0 Å². The first-order chi connectivity index (χ1) is 8.79. The molecule has 1 heterocycles. The number of methoxy groups -OCH3 is 1. The van der Waals surface area contributed by atoms with Gasteiger partial charge in [-0.2, -0.15) is 0 Å². The first-order valence-electron chi connectivity index (χ1n) is 5.05. The molecule has 0 aliphatic heterocycles. The van der Waals surface area contributed by atoms with Crippen molar-refractivity contribution in [2.75, 3.05) is 7.11 Å². The molecule has 2 unspecified atom stereocenters. The van der Waals surface area contributed by atoms with E-state index in [0.717, 1.165) is 13.2 Å². The Morgan fingerprint density at radius 2 is 2.16 bits per heavy atom. The largest absolute Gasteiger partial charge is 0.467 e. The molecule has 8 nitrogen and oxygen atoms in total. The third-order valence-electron chi connectivity index (χ3n) is 2.42. The lowest BCUT2D eigenvalue weighted by atomic mass is 10.1. The number of aliphatic hydroxyl groups excluding tert-OH is 2. The predicted molar refractivity (Wildman–Crippen MR) is 63.6 cm³/mol. The summed E-state index contributed by atoms with van der Waals surface area (Å²) in [4.78, 5) is 24.8. The minimum atomic E-state index is -1.91. The fourth-order valence-electron chi connectivity index (χ4n) is 1.39. The number of pyridine rings is 1. The molecule has 0 amide bonds. The summed E-state index contributed by atoms with van der Waals surface area (Å²) in [5.74, 6) is -1.09. The van der Waals surface area contributed by atoms with Crippen molar-refractivity contribution in [2.45, 2.75) is 19.1 Å². The molecule has 0 aromatic carbocycles. The van der Waals surface area contributed by atoms with Crippen molar-refractivity contribution in [3.63, 3.8) is 0 Å². The number of halogens is 1. The Hall–Kier alpha value is -1.77. The number of aliphatic hydroxyl groups is 2. The Balaban J connectivity index is 3.23. The number of ether oxygens (including phenoxy) is 1. The van der Waals surface area contributed by atoms with E-state index in [2.05, 4.69) is 9.72 Å². The van der Waals surface area contributed by atoms with Gasteiger partial charge in [-0.15, -0.1) is 0 Å². The fourth-order valence-corrected chi connectivity index (χ4v) is 1.69. The molecule has 0 saturated carbocycles. The summed E-state index contributed by atoms with van der Waals surface area (Å²) < 4.78 is 4.25. The van der Waals surface area contributed by atoms with Crippen LogP contribution in [0.3, 0.4) is 0 Å². The molecule has 0 radical (unpaired) electrons. The number of nitro groups is 1. The molecule has 1 aromatic heterocycles. The maximum atomic E-state index is 11.1. The van der Waals surface area contributed by atoms with Gasteiger partial charge in [0.1, 0.15) is 17.0 Å². The van der Waals surface area contributed by atoms with E-state index >= 15 is 0 Å². The minimum Gasteiger partial charge on any atom is -0.467 e. The highest BCUT2D eigenvalue weighted by Crippen LogP contribution is 2.29. The second-order valence-corrected chi connectivity index (χ2v) is 4.00. The molecule has 9 heteroatoms. The molecule has 2 atom stereocenters. The van der Waals surface area contributed by atoms with Crippen molar-refractivity contribution in [1.82, 2.24) is 4.98 Å². The second kappa shape index (κ2) is 5.91. The van der Waals surface area contributed by atoms with E-state index < -0.39 is 23.1 Å². The van der Waals surface area contributed by atoms with Gasteiger partial charge in [-0.05, 0) is 6.92 Å². The topological polar surface area (TPSA) is 123 Å². The third kappa shape index (κ3) is 3.16. The van der Waals surface area contributed by atoms with Gasteiger partial charge >= 0.3 is 5.97 Å². The van der Waals surface area contributed by atoms with Gasteiger partial charge in [0.25, 0.3) is 5.69 Å². The van der Waals surface area contributed by atoms with E-state index in [-0.39, 0.29) is 22.1 Å². The predicted octanol–water partition coefficient (Wildman–Crippen LogP) is 0.519. The molecule has 0 saturated heterocycles. The lowest BCUT2D eigenvalue weighted by molar-refractivity contribution is -0.385. The van der Waals surface area contributed by atoms with E-state index in [1.54, 1.807) is 0 Å². The van der Waals surface area contributed by atoms with Crippen molar-refractivity contribution in [1.29, 1.82) is 0 Å². The van der Waals surface area contributed by atoms with Crippen LogP contribution in [0.15, 0.2) is 6.07 Å². The van der Waals surface area contributed by atoms with Gasteiger partial charge in [0.05, 0.1) is 12.0 Å². The number of aromatic nitrogens is 1. The number of rotatable bonds is 4. The SMILES string of the molecule is COC(=O)C(O)C(O)c1cc([N+](=O)[O-])c(C)nc1Cl. The zero-order valence-corrected chi connectivity index (χ0v) is 10.8. The maximum absolute atomic E-state index is 11.1. The summed E-state index contributed by atoms with van der Waals surface area (Å²) >= 11 is 5.74. The quantitative estimate of drug-likeness (QED) is 0.358. The highest BCUT2D eigenvalue weighted by Gasteiger charge is 2.30. The van der Waals surface area contributed by atoms with Gasteiger partial charge in [0, 0.05) is 11.6 Å². The molecule has 0 aliphatic carbocycles. The molecule has 19 heavy (non-hydrogen) atoms. The normalized spacial score (nSPS) is 13.7. The maximum Gasteiger partial charge on any atom is 0.337 e. The molecule has 0 bridgehead atoms. The van der Waals surface area contributed by atoms with Crippen LogP contribution in [0.25, 0.3) is 0 Å². The Morgan fingerprint density at radius 1 is 1.58 bits per heavy atom. The molecule has 0 fully saturated rings. The average Bonchev–Trinajstić information content (AvgIpc) is 2.35. The monoisotopic (exact) mass is 290 g/mol. The van der Waals surface area contributed by atoms with Crippen LogP contribution >= 0.6 is 11.6 Å². The summed E-state index contributed by atoms with van der Waals surface area (Å²) in [5, 5.41) is 29.8. The summed E-state index contributed by atoms with van der Waals surface area (Å²) in [6, 6.07) is 0.960. The Labute approximate surface area is 112 Å². The Morgan fingerprint density at radius 3 is 2.63 bits per heavy atom. The highest BCUT2D eigenvalue weighted by atomic mass is 35.5. The summed E-state index contributed by atoms with van der Waals surface area (Å²) in [6.07, 6.45) is -3.68. The fraction of sp³-hybridized carbons (Fsp3) is 0.400. The lowest BCUT2D eigenvalue weighted by Gasteiger charge is -2.16. The lowest BCUT2D eigenvalue weighted by Crippen LogP contribution is -2.29. The molecular formula is C10H11ClN2O6. The van der Waals surface area contributed by atoms with Crippen LogP contribution < -0.4 is 0 Å². The highest BCUT2D eigenvalue weighted by molar-refractivity contribution is 6.30. The van der Waals surface area contributed by atoms with E-state index in [1.165, 1.54) is 6.92 Å². The van der Waals surface area contributed by atoms with Crippen molar-refractivity contribution < 1.29 is 24.7 Å². The van der Waals surface area contributed by atoms with Crippen molar-refractivity contribution >= 4 is 23.3 Å². The van der Waals surface area contributed by atoms with Gasteiger partial charge in [-0.1, -0.05) is 11.6 Å². The molecule has 1 rings (SSSR count). The van der Waals surface area contributed by atoms with Gasteiger partial charge in [-0.3, -0.25) is 10.1 Å². The zero-order valence-electron chi connectivity index (χ0n) is 10.0. The number of aryl methyl sites for hydroxylation is 1. The third-order valence-corrected chi connectivity index (χ3v) is 2.73. The van der Waals surface area contributed by atoms with Crippen LogP contribution in [0.2, 0.25) is 5.15 Å². The van der Waals surface area contributed by atoms with E-state index in [0.29, 0.717) is 0 Å². The number of nitrogens with zero attached hydrogens (tertiary/aromatic N) is 2. The standard InChI is InChI=1S/C10H11ClN2O6/c1-4-6(13(17)18)3-5(9(11)12-4)7(14)8(15)10(16)19-2/h3,7-8,14-15H,1-2H3. The number of carbonyl (C=O) groups excluding carboxylic acids is 1. The van der Waals surface area contributed by atoms with E-state index in [4.69, 9.17) is 11.6 Å². The number of esters is 1. The van der Waals surface area contributed by atoms with E-state index in [9.17, 15) is 25.1 Å². The van der Waals surface area contributed by atoms with Crippen molar-refractivity contribution in [3.05, 3.63) is 32.6 Å². The van der Waals surface area contributed by atoms with Crippen LogP contribution in [-0.4, -0.2) is 39.3 Å². The van der Waals surface area contributed by atoms with Crippen LogP contribution in [0, 0.1) is 17.0 Å². The first kappa shape index (κ1) is 15.3. The molecule has 0 aliphatic rings. The molecule has 104 valence electrons. The van der Waals surface area contributed by atoms with Gasteiger partial charge in [-0.25, -0.2) is 9.78 Å². The zero-order chi connectivity index (χ0) is 14.7. The minimum absolute atomic E-state index is 0.0542. The average molecular weight is 291 g/mol. The second-order valence-electron chi connectivity index (χ2n) is 3.64. The van der Waals surface area contributed by atoms with Crippen LogP contribution in [-0.2, 0) is 9.53 Å². The molecular weight excluding hydrogens is 280 g/mol. The Kier molecular flexibility index (Phi) is 4.76. The van der Waals surface area contributed by atoms with Crippen molar-refractivity contribution in [2.24, 2.45) is 0 Å². The first-order valence-corrected chi connectivity index (χ1v) is 5.42. The summed E-state index contributed by atoms with van der Waals surface area (Å²) in [6.45, 7) is 1.37. The van der Waals surface area contributed by atoms with E-state index in [1.807, 2.05) is 0 Å². The summed E-state index contributed by atoms with van der Waals surface area (Å²) in [7, 11) is 1.02. The summed E-state index contributed by atoms with van der Waals surface area (Å²) in [5.41, 5.74) is -0.550. The number of hydrogen-bond acceptors (Lipinski definition) is 7. The van der Waals surface area contributed by atoms with Crippen LogP contribution in [0.4, 0.5) is 5.69 Å². The number of hydrogen-bond donors (Lipinski definition) is 2. The smallest absolute Gasteiger partial charge is 0.337 e. The van der Waals surface area contributed by atoms with Gasteiger partial charge < -0.3 is 14.9 Å². The van der Waals surface area contributed by atoms with Crippen LogP contribution in [0.1, 0.15) is 17.4 Å². The Bertz CT molecular complexity index is 521. The van der Waals surface area contributed by atoms with Gasteiger partial charge in [0.15, 0.2) is 6.10 Å². The molecule has 2 N–H and O–H groups in total. The van der Waals surface area contributed by atoms with Crippen LogP contribution in [0.5, 0.6) is 0 Å². The van der Waals surface area contributed by atoms with Gasteiger partial charge in [0.2, 0.25) is 0 Å².